The molecule has 0 aliphatic rings. The van der Waals surface area contributed by atoms with Crippen LogP contribution in [0.3, 0.4) is 0 Å². The zero-order valence-electron chi connectivity index (χ0n) is 6.13. The third-order valence-electron chi connectivity index (χ3n) is 1.05. The largest absolute Gasteiger partial charge is 0.862 e. The van der Waals surface area contributed by atoms with Crippen LogP contribution in [0.15, 0.2) is 9.98 Å². The first-order valence-corrected chi connectivity index (χ1v) is 2.96. The second kappa shape index (κ2) is 4.78. The maximum absolute atomic E-state index is 10.5. The van der Waals surface area contributed by atoms with Gasteiger partial charge in [-0.3, -0.25) is 0 Å². The molecule has 0 heterocycles. The number of hydrogen-bond acceptors (Lipinski definition) is 4. The average Bonchev–Trinajstić information content (AvgIpc) is 1.99. The van der Waals surface area contributed by atoms with Crippen LogP contribution in [-0.4, -0.2) is 25.9 Å². The Kier molecular flexibility index (Phi) is 4.28. The van der Waals surface area contributed by atoms with Crippen molar-refractivity contribution < 1.29 is 10.2 Å². The molecule has 0 bridgehead atoms. The predicted molar refractivity (Wildman–Crippen MR) is 36.0 cm³/mol. The highest BCUT2D eigenvalue weighted by molar-refractivity contribution is 5.79. The summed E-state index contributed by atoms with van der Waals surface area (Å²) >= 11 is 0. The van der Waals surface area contributed by atoms with E-state index in [-0.39, 0.29) is 24.6 Å². The van der Waals surface area contributed by atoms with Crippen LogP contribution < -0.4 is 10.2 Å². The fourth-order valence-electron chi connectivity index (χ4n) is 0.437. The van der Waals surface area contributed by atoms with E-state index in [1.807, 2.05) is 0 Å². The zero-order chi connectivity index (χ0) is 7.98. The molecule has 0 aromatic heterocycles. The van der Waals surface area contributed by atoms with Gasteiger partial charge in [0.25, 0.3) is 0 Å². The van der Waals surface area contributed by atoms with E-state index in [1.165, 1.54) is 14.1 Å². The first-order chi connectivity index (χ1) is 4.70. The van der Waals surface area contributed by atoms with Gasteiger partial charge in [0.05, 0.1) is 0 Å². The Balaban J connectivity index is 3.56. The lowest BCUT2D eigenvalue weighted by Crippen LogP contribution is -2.23. The average molecular weight is 142 g/mol. The first-order valence-electron chi connectivity index (χ1n) is 2.96. The fourth-order valence-corrected chi connectivity index (χ4v) is 0.437. The number of rotatable bonds is 3. The molecule has 0 saturated carbocycles. The molecule has 4 nitrogen and oxygen atoms in total. The van der Waals surface area contributed by atoms with E-state index < -0.39 is 0 Å². The van der Waals surface area contributed by atoms with Gasteiger partial charge < -0.3 is 20.2 Å². The molecule has 0 amide bonds. The Labute approximate surface area is 59.9 Å². The van der Waals surface area contributed by atoms with Gasteiger partial charge in [-0.25, -0.2) is 0 Å². The van der Waals surface area contributed by atoms with Gasteiger partial charge in [0, 0.05) is 14.1 Å². The van der Waals surface area contributed by atoms with E-state index in [0.717, 1.165) is 0 Å². The minimum Gasteiger partial charge on any atom is -0.862 e. The van der Waals surface area contributed by atoms with Crippen molar-refractivity contribution in [3.8, 4) is 0 Å². The van der Waals surface area contributed by atoms with Gasteiger partial charge >= 0.3 is 0 Å². The van der Waals surface area contributed by atoms with Gasteiger partial charge in [0.15, 0.2) is 0 Å². The molecule has 0 N–H and O–H groups in total. The van der Waals surface area contributed by atoms with Crippen molar-refractivity contribution in [2.45, 2.75) is 12.8 Å². The molecule has 4 heteroatoms. The van der Waals surface area contributed by atoms with Crippen molar-refractivity contribution in [1.82, 2.24) is 0 Å². The molecule has 0 aliphatic carbocycles. The minimum absolute atomic E-state index is 0.173. The summed E-state index contributed by atoms with van der Waals surface area (Å²) in [4.78, 5) is 6.72. The quantitative estimate of drug-likeness (QED) is 0.357. The first kappa shape index (κ1) is 8.94. The third-order valence-corrected chi connectivity index (χ3v) is 1.05. The minimum atomic E-state index is -0.253. The molecule has 0 spiro atoms. The van der Waals surface area contributed by atoms with Crippen molar-refractivity contribution in [3.05, 3.63) is 0 Å². The van der Waals surface area contributed by atoms with Crippen LogP contribution in [0, 0.1) is 0 Å². The monoisotopic (exact) mass is 142 g/mol. The summed E-state index contributed by atoms with van der Waals surface area (Å²) in [6, 6.07) is 0. The highest BCUT2D eigenvalue weighted by atomic mass is 16.3. The molecule has 10 heavy (non-hydrogen) atoms. The number of aliphatic imine (C=N–C) groups is 2. The highest BCUT2D eigenvalue weighted by Crippen LogP contribution is 1.87. The second-order valence-corrected chi connectivity index (χ2v) is 1.73. The molecule has 0 saturated heterocycles. The molecule has 0 unspecified atom stereocenters. The molecule has 0 aromatic carbocycles. The van der Waals surface area contributed by atoms with Gasteiger partial charge in [0.2, 0.25) is 0 Å². The van der Waals surface area contributed by atoms with E-state index in [1.54, 1.807) is 0 Å². The van der Waals surface area contributed by atoms with Crippen molar-refractivity contribution in [3.63, 3.8) is 0 Å². The normalized spacial score (nSPS) is 13.8. The smallest absolute Gasteiger partial charge is 0.0265 e. The van der Waals surface area contributed by atoms with Crippen LogP contribution in [0.5, 0.6) is 0 Å². The van der Waals surface area contributed by atoms with Crippen LogP contribution in [0.25, 0.3) is 0 Å². The summed E-state index contributed by atoms with van der Waals surface area (Å²) in [6.45, 7) is 0. The molecule has 0 aromatic rings. The van der Waals surface area contributed by atoms with Gasteiger partial charge in [-0.15, -0.1) is 0 Å². The third kappa shape index (κ3) is 3.88. The molecular formula is C6H10N2O2-2. The van der Waals surface area contributed by atoms with Gasteiger partial charge in [-0.2, -0.15) is 0 Å². The van der Waals surface area contributed by atoms with Crippen LogP contribution >= 0.6 is 0 Å². The van der Waals surface area contributed by atoms with Crippen molar-refractivity contribution in [1.29, 1.82) is 0 Å². The molecule has 0 fully saturated rings. The van der Waals surface area contributed by atoms with E-state index >= 15 is 0 Å². The van der Waals surface area contributed by atoms with Crippen LogP contribution in [0.4, 0.5) is 0 Å². The van der Waals surface area contributed by atoms with Gasteiger partial charge in [0.1, 0.15) is 0 Å². The van der Waals surface area contributed by atoms with Crippen LogP contribution in [-0.2, 0) is 0 Å². The molecular weight excluding hydrogens is 132 g/mol. The Bertz CT molecular complexity index is 134. The van der Waals surface area contributed by atoms with E-state index in [4.69, 9.17) is 0 Å². The maximum Gasteiger partial charge on any atom is 0.0265 e. The Morgan fingerprint density at radius 1 is 1.00 bits per heavy atom. The maximum atomic E-state index is 10.5. The Hall–Kier alpha value is -1.06. The molecule has 0 aliphatic heterocycles. The summed E-state index contributed by atoms with van der Waals surface area (Å²) in [5.41, 5.74) is 0. The van der Waals surface area contributed by atoms with Gasteiger partial charge in [-0.1, -0.05) is 0 Å². The second-order valence-electron chi connectivity index (χ2n) is 1.73. The predicted octanol–water partition coefficient (Wildman–Crippen LogP) is -1.46. The van der Waals surface area contributed by atoms with Crippen LogP contribution in [0.1, 0.15) is 12.8 Å². The summed E-state index contributed by atoms with van der Waals surface area (Å²) in [7, 11) is 2.83. The number of hydrogen-bond donors (Lipinski definition) is 0. The van der Waals surface area contributed by atoms with E-state index in [2.05, 4.69) is 9.98 Å². The van der Waals surface area contributed by atoms with Gasteiger partial charge in [-0.05, 0) is 24.6 Å². The summed E-state index contributed by atoms with van der Waals surface area (Å²) < 4.78 is 0. The van der Waals surface area contributed by atoms with Crippen molar-refractivity contribution in [2.75, 3.05) is 14.1 Å². The lowest BCUT2D eigenvalue weighted by molar-refractivity contribution is -0.226. The van der Waals surface area contributed by atoms with Crippen molar-refractivity contribution >= 4 is 11.8 Å². The zero-order valence-corrected chi connectivity index (χ0v) is 6.13. The summed E-state index contributed by atoms with van der Waals surface area (Å²) in [5.74, 6) is -0.506. The number of nitrogens with zero attached hydrogens (tertiary/aromatic N) is 2. The van der Waals surface area contributed by atoms with E-state index in [9.17, 15) is 10.2 Å². The Morgan fingerprint density at radius 2 is 1.30 bits per heavy atom. The SMILES string of the molecule is CN=C([O-])CCC([O-])=NC. The molecule has 0 radical (unpaired) electrons. The molecule has 0 rings (SSSR count). The topological polar surface area (TPSA) is 70.8 Å². The van der Waals surface area contributed by atoms with Crippen molar-refractivity contribution in [2.24, 2.45) is 9.98 Å². The van der Waals surface area contributed by atoms with Crippen LogP contribution in [0.2, 0.25) is 0 Å². The fraction of sp³-hybridized carbons (Fsp3) is 0.667. The lowest BCUT2D eigenvalue weighted by atomic mass is 10.3. The lowest BCUT2D eigenvalue weighted by Gasteiger charge is -2.12. The standard InChI is InChI=1S/C6H12N2O2/c1-7-5(9)3-4-6(10)8-2/h3-4H2,1-2H3,(H,7,9)(H,8,10)/p-2. The molecule has 58 valence electrons. The molecule has 0 atom stereocenters. The van der Waals surface area contributed by atoms with E-state index in [0.29, 0.717) is 0 Å². The highest BCUT2D eigenvalue weighted by Gasteiger charge is 1.83. The summed E-state index contributed by atoms with van der Waals surface area (Å²) in [5, 5.41) is 20.9. The summed E-state index contributed by atoms with van der Waals surface area (Å²) in [6.07, 6.45) is 0.347. The Morgan fingerprint density at radius 3 is 1.50 bits per heavy atom.